The Morgan fingerprint density at radius 2 is 1.07 bits per heavy atom. The fraction of sp³-hybridized carbons (Fsp3) is 0.390. The molecule has 13 nitrogen and oxygen atoms in total. The number of ether oxygens (including phenoxy) is 2. The van der Waals surface area contributed by atoms with E-state index in [0.717, 1.165) is 31.9 Å². The number of alkyl halides is 3. The molecule has 0 unspecified atom stereocenters. The van der Waals surface area contributed by atoms with Crippen molar-refractivity contribution in [3.05, 3.63) is 82.9 Å². The summed E-state index contributed by atoms with van der Waals surface area (Å²) in [6.45, 7) is 4.01. The number of nitrogens with zero attached hydrogens (tertiary/aromatic N) is 5. The van der Waals surface area contributed by atoms with Gasteiger partial charge in [0.2, 0.25) is 0 Å². The molecule has 0 atom stereocenters. The minimum absolute atomic E-state index is 0.0191. The summed E-state index contributed by atoms with van der Waals surface area (Å²) in [5, 5.41) is 5.72. The molecule has 0 aliphatic carbocycles. The van der Waals surface area contributed by atoms with Gasteiger partial charge in [-0.25, -0.2) is 0 Å². The molecule has 4 aliphatic rings. The number of amides is 5. The normalized spacial score (nSPS) is 17.3. The minimum Gasteiger partial charge on any atom is -0.378 e. The van der Waals surface area contributed by atoms with Gasteiger partial charge in [-0.1, -0.05) is 24.3 Å². The van der Waals surface area contributed by atoms with Gasteiger partial charge in [0, 0.05) is 114 Å². The Bertz CT molecular complexity index is 2230. The van der Waals surface area contributed by atoms with Crippen LogP contribution in [0.15, 0.2) is 60.7 Å². The largest absolute Gasteiger partial charge is 0.471 e. The third-order valence-corrected chi connectivity index (χ3v) is 11.1. The molecule has 1 N–H and O–H groups in total. The highest BCUT2D eigenvalue weighted by Crippen LogP contribution is 2.38. The van der Waals surface area contributed by atoms with Crippen molar-refractivity contribution in [2.24, 2.45) is 0 Å². The second kappa shape index (κ2) is 15.8. The lowest BCUT2D eigenvalue weighted by atomic mass is 9.92. The van der Waals surface area contributed by atoms with Crippen LogP contribution in [0.1, 0.15) is 47.9 Å². The molecule has 0 radical (unpaired) electrons. The summed E-state index contributed by atoms with van der Waals surface area (Å²) < 4.78 is 52.1. The molecule has 0 saturated carbocycles. The zero-order valence-electron chi connectivity index (χ0n) is 31.1. The highest BCUT2D eigenvalue weighted by molar-refractivity contribution is 6.28. The number of rotatable bonds is 12. The smallest absolute Gasteiger partial charge is 0.378 e. The van der Waals surface area contributed by atoms with Gasteiger partial charge in [0.05, 0.1) is 26.4 Å². The van der Waals surface area contributed by atoms with E-state index in [1.807, 2.05) is 24.3 Å². The number of morpholine rings is 2. The van der Waals surface area contributed by atoms with Crippen LogP contribution in [0.2, 0.25) is 0 Å². The van der Waals surface area contributed by atoms with Crippen molar-refractivity contribution in [3.63, 3.8) is 0 Å². The summed E-state index contributed by atoms with van der Waals surface area (Å²) in [5.41, 5.74) is 3.16. The summed E-state index contributed by atoms with van der Waals surface area (Å²) >= 11 is 0. The number of anilines is 2. The van der Waals surface area contributed by atoms with Crippen LogP contribution < -0.4 is 15.1 Å². The Balaban J connectivity index is 0.884. The maximum absolute atomic E-state index is 13.7. The highest BCUT2D eigenvalue weighted by atomic mass is 19.4. The Morgan fingerprint density at radius 1 is 0.614 bits per heavy atom. The second-order valence-corrected chi connectivity index (χ2v) is 14.3. The standard InChI is InChI=1S/C41H41F3N6O7/c42-41(43,44)40(55)48(16-17-50-37(52)29-7-2-5-27-33(47-20-24-57-25-21-47)11-9-31(35(27)29)39(50)54)14-3-12-45-13-15-49-36(51)28-6-1-4-26-32(46-18-22-56-23-19-46)10-8-30(34(26)28)38(49)53/h1-2,4-11,45H,3,12-25H2. The molecule has 57 heavy (non-hydrogen) atoms. The third-order valence-electron chi connectivity index (χ3n) is 11.1. The number of nitrogens with one attached hydrogen (secondary N) is 1. The molecule has 2 saturated heterocycles. The molecule has 298 valence electrons. The topological polar surface area (TPSA) is 132 Å². The van der Waals surface area contributed by atoms with E-state index in [4.69, 9.17) is 9.47 Å². The van der Waals surface area contributed by atoms with Gasteiger partial charge in [0.1, 0.15) is 0 Å². The monoisotopic (exact) mass is 786 g/mol. The van der Waals surface area contributed by atoms with Crippen molar-refractivity contribution in [1.82, 2.24) is 20.0 Å². The van der Waals surface area contributed by atoms with E-state index in [1.54, 1.807) is 36.4 Å². The molecular weight excluding hydrogens is 745 g/mol. The summed E-state index contributed by atoms with van der Waals surface area (Å²) in [6, 6.07) is 17.6. The van der Waals surface area contributed by atoms with Crippen LogP contribution in [0.25, 0.3) is 21.5 Å². The lowest BCUT2D eigenvalue weighted by molar-refractivity contribution is -0.185. The molecule has 5 amide bonds. The molecule has 0 bridgehead atoms. The number of carbonyl (C=O) groups excluding carboxylic acids is 5. The summed E-state index contributed by atoms with van der Waals surface area (Å²) in [6.07, 6.45) is -5.08. The van der Waals surface area contributed by atoms with Crippen molar-refractivity contribution in [2.45, 2.75) is 12.6 Å². The van der Waals surface area contributed by atoms with Crippen LogP contribution in [0, 0.1) is 0 Å². The van der Waals surface area contributed by atoms with Gasteiger partial charge in [-0.15, -0.1) is 0 Å². The van der Waals surface area contributed by atoms with Crippen molar-refractivity contribution in [2.75, 3.05) is 102 Å². The molecule has 16 heteroatoms. The first-order valence-electron chi connectivity index (χ1n) is 19.1. The number of hydrogen-bond donors (Lipinski definition) is 1. The van der Waals surface area contributed by atoms with Gasteiger partial charge in [0.25, 0.3) is 23.6 Å². The van der Waals surface area contributed by atoms with Gasteiger partial charge in [-0.05, 0) is 49.4 Å². The Labute approximate surface area is 325 Å². The molecule has 4 heterocycles. The fourth-order valence-electron chi connectivity index (χ4n) is 8.25. The quantitative estimate of drug-likeness (QED) is 0.167. The van der Waals surface area contributed by atoms with E-state index in [-0.39, 0.29) is 43.7 Å². The van der Waals surface area contributed by atoms with Crippen LogP contribution in [-0.4, -0.2) is 142 Å². The lowest BCUT2D eigenvalue weighted by Crippen LogP contribution is -2.49. The molecule has 2 fully saturated rings. The predicted molar refractivity (Wildman–Crippen MR) is 205 cm³/mol. The lowest BCUT2D eigenvalue weighted by Gasteiger charge is -2.33. The van der Waals surface area contributed by atoms with Crippen LogP contribution in [0.5, 0.6) is 0 Å². The van der Waals surface area contributed by atoms with Crippen LogP contribution in [-0.2, 0) is 14.3 Å². The average molecular weight is 787 g/mol. The number of imide groups is 2. The van der Waals surface area contributed by atoms with Crippen molar-refractivity contribution in [3.8, 4) is 0 Å². The third kappa shape index (κ3) is 7.17. The van der Waals surface area contributed by atoms with Crippen molar-refractivity contribution >= 4 is 62.5 Å². The maximum atomic E-state index is 13.7. The summed E-state index contributed by atoms with van der Waals surface area (Å²) in [4.78, 5) is 73.9. The summed E-state index contributed by atoms with van der Waals surface area (Å²) in [7, 11) is 0. The Hall–Kier alpha value is -5.58. The average Bonchev–Trinajstić information content (AvgIpc) is 3.22. The fourth-order valence-corrected chi connectivity index (χ4v) is 8.25. The van der Waals surface area contributed by atoms with Crippen molar-refractivity contribution < 1.29 is 46.6 Å². The van der Waals surface area contributed by atoms with E-state index in [0.29, 0.717) is 79.4 Å². The Morgan fingerprint density at radius 3 is 1.54 bits per heavy atom. The summed E-state index contributed by atoms with van der Waals surface area (Å²) in [5.74, 6) is -4.22. The molecule has 8 rings (SSSR count). The number of hydrogen-bond acceptors (Lipinski definition) is 10. The van der Waals surface area contributed by atoms with Gasteiger partial charge >= 0.3 is 12.1 Å². The number of halogens is 3. The van der Waals surface area contributed by atoms with Gasteiger partial charge in [0.15, 0.2) is 0 Å². The molecule has 0 aromatic heterocycles. The highest BCUT2D eigenvalue weighted by Gasteiger charge is 2.43. The van der Waals surface area contributed by atoms with Crippen LogP contribution in [0.3, 0.4) is 0 Å². The second-order valence-electron chi connectivity index (χ2n) is 14.3. The molecule has 4 aliphatic heterocycles. The van der Waals surface area contributed by atoms with Gasteiger partial charge < -0.3 is 29.5 Å². The number of carbonyl (C=O) groups is 5. The molecular formula is C41H41F3N6O7. The van der Waals surface area contributed by atoms with Crippen LogP contribution >= 0.6 is 0 Å². The van der Waals surface area contributed by atoms with E-state index in [9.17, 15) is 37.1 Å². The molecule has 4 aromatic carbocycles. The van der Waals surface area contributed by atoms with E-state index < -0.39 is 48.8 Å². The first-order chi connectivity index (χ1) is 27.5. The maximum Gasteiger partial charge on any atom is 0.471 e. The van der Waals surface area contributed by atoms with E-state index in [1.165, 1.54) is 0 Å². The zero-order valence-corrected chi connectivity index (χ0v) is 31.1. The van der Waals surface area contributed by atoms with Gasteiger partial charge in [-0.3, -0.25) is 33.8 Å². The minimum atomic E-state index is -5.17. The van der Waals surface area contributed by atoms with Crippen LogP contribution in [0.4, 0.5) is 24.5 Å². The van der Waals surface area contributed by atoms with E-state index >= 15 is 0 Å². The molecule has 0 spiro atoms. The number of benzene rings is 4. The van der Waals surface area contributed by atoms with Gasteiger partial charge in [-0.2, -0.15) is 13.2 Å². The zero-order chi connectivity index (χ0) is 39.8. The molecule has 4 aromatic rings. The Kier molecular flexibility index (Phi) is 10.6. The predicted octanol–water partition coefficient (Wildman–Crippen LogP) is 3.93. The van der Waals surface area contributed by atoms with E-state index in [2.05, 4.69) is 15.1 Å². The van der Waals surface area contributed by atoms with Crippen molar-refractivity contribution in [1.29, 1.82) is 0 Å². The first kappa shape index (κ1) is 38.3. The SMILES string of the molecule is O=C1c2cccc3c(N4CCOCC4)ccc(c23)C(=O)N1CCNCCCN(CCN1C(=O)c2cccc3c(N4CCOCC4)ccc(c23)C1=O)C(=O)C(F)(F)F. The first-order valence-corrected chi connectivity index (χ1v) is 19.1.